The van der Waals surface area contributed by atoms with Gasteiger partial charge in [0.2, 0.25) is 5.89 Å². The van der Waals surface area contributed by atoms with Gasteiger partial charge in [-0.2, -0.15) is 4.98 Å². The average molecular weight is 316 g/mol. The number of primary amides is 1. The molecule has 2 aromatic rings. The summed E-state index contributed by atoms with van der Waals surface area (Å²) in [4.78, 5) is 17.5. The first-order valence-electron chi connectivity index (χ1n) is 7.66. The van der Waals surface area contributed by atoms with Crippen LogP contribution in [0.5, 0.6) is 5.75 Å². The maximum absolute atomic E-state index is 10.8. The molecule has 0 unspecified atom stereocenters. The molecule has 1 aromatic carbocycles. The fourth-order valence-electron chi connectivity index (χ4n) is 2.88. The Hall–Kier alpha value is -2.41. The smallest absolute Gasteiger partial charge is 0.255 e. The lowest BCUT2D eigenvalue weighted by Crippen LogP contribution is -2.23. The van der Waals surface area contributed by atoms with Gasteiger partial charge in [0.05, 0.1) is 6.04 Å². The predicted molar refractivity (Wildman–Crippen MR) is 82.6 cm³/mol. The van der Waals surface area contributed by atoms with Crippen LogP contribution in [-0.4, -0.2) is 34.1 Å². The van der Waals surface area contributed by atoms with Crippen LogP contribution < -0.4 is 10.5 Å². The number of aryl methyl sites for hydroxylation is 1. The van der Waals surface area contributed by atoms with Crippen LogP contribution in [0.25, 0.3) is 0 Å². The highest BCUT2D eigenvalue weighted by Gasteiger charge is 2.29. The first-order valence-corrected chi connectivity index (χ1v) is 7.66. The highest BCUT2D eigenvalue weighted by atomic mass is 16.5. The van der Waals surface area contributed by atoms with E-state index in [-0.39, 0.29) is 12.6 Å². The Balaban J connectivity index is 1.68. The number of hydrogen-bond acceptors (Lipinski definition) is 6. The molecule has 0 saturated carbocycles. The van der Waals surface area contributed by atoms with E-state index in [2.05, 4.69) is 15.0 Å². The minimum atomic E-state index is -0.484. The highest BCUT2D eigenvalue weighted by molar-refractivity contribution is 5.75. The monoisotopic (exact) mass is 316 g/mol. The van der Waals surface area contributed by atoms with Crippen molar-refractivity contribution in [1.29, 1.82) is 0 Å². The molecule has 23 heavy (non-hydrogen) atoms. The lowest BCUT2D eigenvalue weighted by molar-refractivity contribution is -0.119. The van der Waals surface area contributed by atoms with Gasteiger partial charge in [-0.15, -0.1) is 0 Å². The van der Waals surface area contributed by atoms with Crippen molar-refractivity contribution in [2.24, 2.45) is 5.73 Å². The number of hydrogen-bond donors (Lipinski definition) is 1. The van der Waals surface area contributed by atoms with E-state index in [1.165, 1.54) is 0 Å². The van der Waals surface area contributed by atoms with Gasteiger partial charge < -0.3 is 15.0 Å². The van der Waals surface area contributed by atoms with Crippen LogP contribution in [0.2, 0.25) is 0 Å². The van der Waals surface area contributed by atoms with Crippen LogP contribution in [0.4, 0.5) is 0 Å². The number of amides is 1. The number of aromatic nitrogens is 2. The molecule has 1 amide bonds. The zero-order valence-corrected chi connectivity index (χ0v) is 13.1. The number of benzene rings is 1. The Morgan fingerprint density at radius 3 is 3.13 bits per heavy atom. The zero-order chi connectivity index (χ0) is 16.2. The maximum atomic E-state index is 10.8. The molecule has 3 rings (SSSR count). The number of nitrogens with zero attached hydrogens (tertiary/aromatic N) is 3. The molecule has 2 N–H and O–H groups in total. The fraction of sp³-hybridized carbons (Fsp3) is 0.438. The van der Waals surface area contributed by atoms with Crippen molar-refractivity contribution >= 4 is 5.91 Å². The van der Waals surface area contributed by atoms with Crippen LogP contribution in [0.15, 0.2) is 28.8 Å². The molecule has 1 aromatic heterocycles. The molecule has 1 saturated heterocycles. The Kier molecular flexibility index (Phi) is 4.57. The number of ether oxygens (including phenoxy) is 1. The SMILES string of the molecule is Cc1nc([C@H]2CCCN2Cc2cccc(OCC(N)=O)c2)no1. The number of rotatable bonds is 6. The van der Waals surface area contributed by atoms with E-state index in [0.717, 1.165) is 37.3 Å². The number of carbonyl (C=O) groups excluding carboxylic acids is 1. The molecule has 0 aliphatic carbocycles. The van der Waals surface area contributed by atoms with Gasteiger partial charge in [-0.1, -0.05) is 17.3 Å². The van der Waals surface area contributed by atoms with Crippen molar-refractivity contribution < 1.29 is 14.1 Å². The second-order valence-corrected chi connectivity index (χ2v) is 5.70. The van der Waals surface area contributed by atoms with E-state index in [0.29, 0.717) is 11.6 Å². The summed E-state index contributed by atoms with van der Waals surface area (Å²) in [6.07, 6.45) is 2.13. The van der Waals surface area contributed by atoms with Gasteiger partial charge in [0.15, 0.2) is 12.4 Å². The van der Waals surface area contributed by atoms with Gasteiger partial charge in [-0.05, 0) is 37.1 Å². The first kappa shape index (κ1) is 15.5. The van der Waals surface area contributed by atoms with Crippen LogP contribution in [0, 0.1) is 6.92 Å². The minimum Gasteiger partial charge on any atom is -0.484 e. The third-order valence-corrected chi connectivity index (χ3v) is 3.87. The zero-order valence-electron chi connectivity index (χ0n) is 13.1. The summed E-state index contributed by atoms with van der Waals surface area (Å²) in [7, 11) is 0. The second kappa shape index (κ2) is 6.78. The van der Waals surface area contributed by atoms with Crippen LogP contribution in [0.3, 0.4) is 0 Å². The van der Waals surface area contributed by atoms with E-state index < -0.39 is 5.91 Å². The van der Waals surface area contributed by atoms with E-state index in [1.54, 1.807) is 6.92 Å². The van der Waals surface area contributed by atoms with Crippen molar-refractivity contribution in [3.8, 4) is 5.75 Å². The molecular formula is C16H20N4O3. The van der Waals surface area contributed by atoms with Gasteiger partial charge in [0, 0.05) is 13.5 Å². The fourth-order valence-corrected chi connectivity index (χ4v) is 2.88. The van der Waals surface area contributed by atoms with Crippen LogP contribution in [0.1, 0.15) is 36.2 Å². The molecule has 0 bridgehead atoms. The summed E-state index contributed by atoms with van der Waals surface area (Å²) in [6.45, 7) is 3.45. The third kappa shape index (κ3) is 3.87. The van der Waals surface area contributed by atoms with Crippen molar-refractivity contribution in [2.75, 3.05) is 13.2 Å². The quantitative estimate of drug-likeness (QED) is 0.869. The predicted octanol–water partition coefficient (Wildman–Crippen LogP) is 1.58. The Morgan fingerprint density at radius 2 is 2.39 bits per heavy atom. The van der Waals surface area contributed by atoms with E-state index >= 15 is 0 Å². The lowest BCUT2D eigenvalue weighted by atomic mass is 10.1. The van der Waals surface area contributed by atoms with E-state index in [4.69, 9.17) is 15.0 Å². The van der Waals surface area contributed by atoms with Gasteiger partial charge >= 0.3 is 0 Å². The number of carbonyl (C=O) groups is 1. The molecule has 2 heterocycles. The Morgan fingerprint density at radius 1 is 1.52 bits per heavy atom. The minimum absolute atomic E-state index is 0.113. The normalized spacial score (nSPS) is 18.2. The first-order chi connectivity index (χ1) is 11.1. The van der Waals surface area contributed by atoms with E-state index in [9.17, 15) is 4.79 Å². The topological polar surface area (TPSA) is 94.5 Å². The van der Waals surface area contributed by atoms with Gasteiger partial charge in [0.25, 0.3) is 5.91 Å². The average Bonchev–Trinajstić information content (AvgIpc) is 3.14. The standard InChI is InChI=1S/C16H20N4O3/c1-11-18-16(19-23-11)14-6-3-7-20(14)9-12-4-2-5-13(8-12)22-10-15(17)21/h2,4-5,8,14H,3,6-7,9-10H2,1H3,(H2,17,21)/t14-/m1/s1. The summed E-state index contributed by atoms with van der Waals surface area (Å²) in [5.41, 5.74) is 6.21. The summed E-state index contributed by atoms with van der Waals surface area (Å²) in [6, 6.07) is 7.88. The number of nitrogens with two attached hydrogens (primary N) is 1. The molecule has 1 aliphatic heterocycles. The second-order valence-electron chi connectivity index (χ2n) is 5.70. The third-order valence-electron chi connectivity index (χ3n) is 3.87. The maximum Gasteiger partial charge on any atom is 0.255 e. The van der Waals surface area contributed by atoms with Crippen molar-refractivity contribution in [1.82, 2.24) is 15.0 Å². The van der Waals surface area contributed by atoms with Gasteiger partial charge in [-0.25, -0.2) is 0 Å². The van der Waals surface area contributed by atoms with E-state index in [1.807, 2.05) is 24.3 Å². The lowest BCUT2D eigenvalue weighted by Gasteiger charge is -2.22. The van der Waals surface area contributed by atoms with Crippen LogP contribution >= 0.6 is 0 Å². The molecule has 7 nitrogen and oxygen atoms in total. The van der Waals surface area contributed by atoms with Crippen molar-refractivity contribution in [3.63, 3.8) is 0 Å². The van der Waals surface area contributed by atoms with Gasteiger partial charge in [-0.3, -0.25) is 9.69 Å². The van der Waals surface area contributed by atoms with Gasteiger partial charge in [0.1, 0.15) is 5.75 Å². The molecule has 7 heteroatoms. The molecular weight excluding hydrogens is 296 g/mol. The summed E-state index contributed by atoms with van der Waals surface area (Å²) >= 11 is 0. The molecule has 1 aliphatic rings. The van der Waals surface area contributed by atoms with Crippen molar-refractivity contribution in [3.05, 3.63) is 41.5 Å². The molecule has 1 fully saturated rings. The molecule has 122 valence electrons. The summed E-state index contributed by atoms with van der Waals surface area (Å²) < 4.78 is 10.5. The molecule has 0 spiro atoms. The number of likely N-dealkylation sites (tertiary alicyclic amines) is 1. The Bertz CT molecular complexity index is 685. The highest BCUT2D eigenvalue weighted by Crippen LogP contribution is 2.31. The van der Waals surface area contributed by atoms with Crippen molar-refractivity contribution in [2.45, 2.75) is 32.4 Å². The Labute approximate surface area is 134 Å². The largest absolute Gasteiger partial charge is 0.484 e. The molecule has 0 radical (unpaired) electrons. The van der Waals surface area contributed by atoms with Crippen LogP contribution in [-0.2, 0) is 11.3 Å². The summed E-state index contributed by atoms with van der Waals surface area (Å²) in [5, 5.41) is 4.05. The molecule has 1 atom stereocenters. The summed E-state index contributed by atoms with van der Waals surface area (Å²) in [5.74, 6) is 1.50.